The fraction of sp³-hybridized carbons (Fsp3) is 0. The molecule has 0 aliphatic rings. The van der Waals surface area contributed by atoms with E-state index in [4.69, 9.17) is 0 Å². The van der Waals surface area contributed by atoms with Crippen molar-refractivity contribution in [1.82, 2.24) is 4.98 Å². The molecule has 6 heteroatoms. The molecule has 0 spiro atoms. The predicted molar refractivity (Wildman–Crippen MR) is 67.8 cm³/mol. The quantitative estimate of drug-likeness (QED) is 0.794. The van der Waals surface area contributed by atoms with Crippen molar-refractivity contribution in [1.29, 1.82) is 0 Å². The van der Waals surface area contributed by atoms with E-state index in [1.54, 1.807) is 12.1 Å². The Morgan fingerprint density at radius 1 is 1.22 bits per heavy atom. The number of carbonyl (C=O) groups excluding carboxylic acids is 1. The first-order chi connectivity index (χ1) is 8.60. The van der Waals surface area contributed by atoms with E-state index in [1.165, 1.54) is 6.20 Å². The zero-order chi connectivity index (χ0) is 13.1. The summed E-state index contributed by atoms with van der Waals surface area (Å²) in [6, 6.07) is 5.36. The van der Waals surface area contributed by atoms with Gasteiger partial charge in [0.15, 0.2) is 0 Å². The van der Waals surface area contributed by atoms with Crippen molar-refractivity contribution in [3.8, 4) is 0 Å². The summed E-state index contributed by atoms with van der Waals surface area (Å²) >= 11 is 4.09. The van der Waals surface area contributed by atoms with Gasteiger partial charge in [0.05, 0.1) is 4.90 Å². The molecule has 0 amide bonds. The second-order valence-corrected chi connectivity index (χ2v) is 5.29. The number of rotatable bonds is 3. The molecule has 1 aromatic carbocycles. The SMILES string of the molecule is O=Cc1cc(F)c(Sc2ccc(Br)cn2)c(F)c1. The van der Waals surface area contributed by atoms with Crippen LogP contribution in [0.3, 0.4) is 0 Å². The van der Waals surface area contributed by atoms with E-state index < -0.39 is 11.6 Å². The molecule has 0 atom stereocenters. The maximum absolute atomic E-state index is 13.6. The molecule has 0 unspecified atom stereocenters. The van der Waals surface area contributed by atoms with Crippen LogP contribution in [0.25, 0.3) is 0 Å². The molecule has 0 N–H and O–H groups in total. The van der Waals surface area contributed by atoms with Crippen LogP contribution in [-0.2, 0) is 0 Å². The van der Waals surface area contributed by atoms with Crippen LogP contribution >= 0.6 is 27.7 Å². The Bertz CT molecular complexity index is 566. The number of nitrogens with zero attached hydrogens (tertiary/aromatic N) is 1. The molecule has 0 aliphatic heterocycles. The lowest BCUT2D eigenvalue weighted by Crippen LogP contribution is -1.92. The summed E-state index contributed by atoms with van der Waals surface area (Å²) in [7, 11) is 0. The van der Waals surface area contributed by atoms with Crippen molar-refractivity contribution in [3.05, 3.63) is 52.1 Å². The number of aldehydes is 1. The van der Waals surface area contributed by atoms with Crippen molar-refractivity contribution >= 4 is 34.0 Å². The van der Waals surface area contributed by atoms with Crippen molar-refractivity contribution < 1.29 is 13.6 Å². The van der Waals surface area contributed by atoms with Gasteiger partial charge in [-0.1, -0.05) is 11.8 Å². The first-order valence-electron chi connectivity index (χ1n) is 4.84. The molecule has 2 rings (SSSR count). The lowest BCUT2D eigenvalue weighted by atomic mass is 10.2. The number of carbonyl (C=O) groups is 1. The van der Waals surface area contributed by atoms with Crippen LogP contribution in [0.15, 0.2) is 44.9 Å². The summed E-state index contributed by atoms with van der Waals surface area (Å²) in [5.41, 5.74) is -0.0295. The Kier molecular flexibility index (Phi) is 4.08. The molecule has 1 heterocycles. The van der Waals surface area contributed by atoms with E-state index in [0.29, 0.717) is 11.3 Å². The van der Waals surface area contributed by atoms with Gasteiger partial charge in [-0.25, -0.2) is 13.8 Å². The maximum Gasteiger partial charge on any atom is 0.150 e. The van der Waals surface area contributed by atoms with Crippen molar-refractivity contribution in [2.24, 2.45) is 0 Å². The van der Waals surface area contributed by atoms with E-state index >= 15 is 0 Å². The summed E-state index contributed by atoms with van der Waals surface area (Å²) in [5, 5.41) is 0.467. The first kappa shape index (κ1) is 13.2. The highest BCUT2D eigenvalue weighted by Crippen LogP contribution is 2.31. The Labute approximate surface area is 115 Å². The Morgan fingerprint density at radius 3 is 2.39 bits per heavy atom. The minimum Gasteiger partial charge on any atom is -0.298 e. The molecule has 2 nitrogen and oxygen atoms in total. The van der Waals surface area contributed by atoms with Crippen LogP contribution in [0.2, 0.25) is 0 Å². The first-order valence-corrected chi connectivity index (χ1v) is 6.44. The Hall–Kier alpha value is -1.27. The molecule has 0 aliphatic carbocycles. The van der Waals surface area contributed by atoms with Gasteiger partial charge in [-0.3, -0.25) is 4.79 Å². The normalized spacial score (nSPS) is 10.4. The van der Waals surface area contributed by atoms with Crippen LogP contribution in [0, 0.1) is 11.6 Å². The second kappa shape index (κ2) is 5.58. The van der Waals surface area contributed by atoms with Crippen LogP contribution in [0.4, 0.5) is 8.78 Å². The molecule has 18 heavy (non-hydrogen) atoms. The molecule has 92 valence electrons. The van der Waals surface area contributed by atoms with Gasteiger partial charge >= 0.3 is 0 Å². The Balaban J connectivity index is 2.34. The zero-order valence-corrected chi connectivity index (χ0v) is 11.3. The third kappa shape index (κ3) is 2.94. The smallest absolute Gasteiger partial charge is 0.150 e. The average Bonchev–Trinajstić information content (AvgIpc) is 2.35. The molecule has 0 bridgehead atoms. The second-order valence-electron chi connectivity index (χ2n) is 3.35. The van der Waals surface area contributed by atoms with Crippen LogP contribution in [-0.4, -0.2) is 11.3 Å². The minimum absolute atomic E-state index is 0.0295. The van der Waals surface area contributed by atoms with Gasteiger partial charge < -0.3 is 0 Å². The zero-order valence-electron chi connectivity index (χ0n) is 8.86. The minimum atomic E-state index is -0.771. The van der Waals surface area contributed by atoms with Gasteiger partial charge in [-0.05, 0) is 40.2 Å². The standard InChI is InChI=1S/C12H6BrF2NOS/c13-8-1-2-11(16-5-8)18-12-9(14)3-7(6-17)4-10(12)15/h1-6H. The fourth-order valence-corrected chi connectivity index (χ4v) is 2.27. The van der Waals surface area contributed by atoms with Gasteiger partial charge in [-0.2, -0.15) is 0 Å². The van der Waals surface area contributed by atoms with Gasteiger partial charge in [0.25, 0.3) is 0 Å². The molecule has 0 radical (unpaired) electrons. The molecule has 0 saturated carbocycles. The third-order valence-corrected chi connectivity index (χ3v) is 3.58. The van der Waals surface area contributed by atoms with Crippen molar-refractivity contribution in [2.45, 2.75) is 9.92 Å². The summed E-state index contributed by atoms with van der Waals surface area (Å²) in [5.74, 6) is -1.54. The van der Waals surface area contributed by atoms with Gasteiger partial charge in [0.2, 0.25) is 0 Å². The number of halogens is 3. The lowest BCUT2D eigenvalue weighted by molar-refractivity contribution is 0.112. The highest BCUT2D eigenvalue weighted by Gasteiger charge is 2.13. The molecule has 0 saturated heterocycles. The van der Waals surface area contributed by atoms with Gasteiger partial charge in [0, 0.05) is 16.2 Å². The Morgan fingerprint density at radius 2 is 1.89 bits per heavy atom. The third-order valence-electron chi connectivity index (χ3n) is 2.06. The summed E-state index contributed by atoms with van der Waals surface area (Å²) in [6.07, 6.45) is 1.94. The summed E-state index contributed by atoms with van der Waals surface area (Å²) in [6.45, 7) is 0. The largest absolute Gasteiger partial charge is 0.298 e. The number of hydrogen-bond acceptors (Lipinski definition) is 3. The summed E-state index contributed by atoms with van der Waals surface area (Å²) < 4.78 is 28.0. The average molecular weight is 330 g/mol. The molecule has 0 fully saturated rings. The number of aromatic nitrogens is 1. The number of benzene rings is 1. The van der Waals surface area contributed by atoms with Crippen molar-refractivity contribution in [2.75, 3.05) is 0 Å². The van der Waals surface area contributed by atoms with Crippen molar-refractivity contribution in [3.63, 3.8) is 0 Å². The highest BCUT2D eigenvalue weighted by atomic mass is 79.9. The molecular weight excluding hydrogens is 324 g/mol. The topological polar surface area (TPSA) is 30.0 Å². The van der Waals surface area contributed by atoms with E-state index in [-0.39, 0.29) is 10.5 Å². The van der Waals surface area contributed by atoms with E-state index in [9.17, 15) is 13.6 Å². The maximum atomic E-state index is 13.6. The molecule has 1 aromatic heterocycles. The van der Waals surface area contributed by atoms with E-state index in [1.807, 2.05) is 0 Å². The van der Waals surface area contributed by atoms with Crippen LogP contribution in [0.5, 0.6) is 0 Å². The summed E-state index contributed by atoms with van der Waals surface area (Å²) in [4.78, 5) is 14.3. The van der Waals surface area contributed by atoms with Crippen LogP contribution in [0.1, 0.15) is 10.4 Å². The number of pyridine rings is 1. The molecular formula is C12H6BrF2NOS. The molecule has 2 aromatic rings. The monoisotopic (exact) mass is 329 g/mol. The van der Waals surface area contributed by atoms with E-state index in [0.717, 1.165) is 28.4 Å². The highest BCUT2D eigenvalue weighted by molar-refractivity contribution is 9.10. The fourth-order valence-electron chi connectivity index (χ4n) is 1.27. The predicted octanol–water partition coefficient (Wildman–Crippen LogP) is 4.09. The van der Waals surface area contributed by atoms with Gasteiger partial charge in [-0.15, -0.1) is 0 Å². The van der Waals surface area contributed by atoms with E-state index in [2.05, 4.69) is 20.9 Å². The van der Waals surface area contributed by atoms with Gasteiger partial charge in [0.1, 0.15) is 22.9 Å². The number of hydrogen-bond donors (Lipinski definition) is 0. The van der Waals surface area contributed by atoms with Crippen LogP contribution < -0.4 is 0 Å². The lowest BCUT2D eigenvalue weighted by Gasteiger charge is -2.05.